The summed E-state index contributed by atoms with van der Waals surface area (Å²) in [5.41, 5.74) is 9.09. The van der Waals surface area contributed by atoms with E-state index in [4.69, 9.17) is 17.0 Å². The molecule has 2 aromatic rings. The smallest absolute Gasteiger partial charge is 0.173 e. The zero-order chi connectivity index (χ0) is 23.8. The van der Waals surface area contributed by atoms with E-state index in [2.05, 4.69) is 73.1 Å². The van der Waals surface area contributed by atoms with Crippen LogP contribution in [0.15, 0.2) is 30.3 Å². The van der Waals surface area contributed by atoms with E-state index >= 15 is 0 Å². The van der Waals surface area contributed by atoms with Crippen LogP contribution in [0.25, 0.3) is 0 Å². The van der Waals surface area contributed by atoms with Gasteiger partial charge in [-0.05, 0) is 93.9 Å². The molecule has 0 amide bonds. The van der Waals surface area contributed by atoms with E-state index in [0.717, 1.165) is 56.5 Å². The van der Waals surface area contributed by atoms with Gasteiger partial charge in [0.2, 0.25) is 0 Å². The van der Waals surface area contributed by atoms with Crippen molar-refractivity contribution in [2.75, 3.05) is 43.1 Å². The Hall–Kier alpha value is -2.11. The van der Waals surface area contributed by atoms with Crippen LogP contribution in [0, 0.1) is 20.8 Å². The van der Waals surface area contributed by atoms with Crippen molar-refractivity contribution >= 4 is 28.7 Å². The molecule has 3 rings (SSSR count). The fourth-order valence-electron chi connectivity index (χ4n) is 4.87. The number of hydrogen-bond donors (Lipinski definition) is 1. The minimum atomic E-state index is 0.754. The Morgan fingerprint density at radius 3 is 2.58 bits per heavy atom. The highest BCUT2D eigenvalue weighted by atomic mass is 32.1. The molecule has 0 unspecified atom stereocenters. The summed E-state index contributed by atoms with van der Waals surface area (Å²) in [7, 11) is 0. The normalized spacial score (nSPS) is 13.1. The summed E-state index contributed by atoms with van der Waals surface area (Å²) in [5.74, 6) is 0. The minimum absolute atomic E-state index is 0.754. The van der Waals surface area contributed by atoms with Crippen LogP contribution in [-0.4, -0.2) is 42.9 Å². The van der Waals surface area contributed by atoms with Crippen LogP contribution in [0.4, 0.5) is 11.4 Å². The van der Waals surface area contributed by atoms with E-state index in [1.165, 1.54) is 52.9 Å². The zero-order valence-electron chi connectivity index (χ0n) is 21.2. The predicted octanol–water partition coefficient (Wildman–Crippen LogP) is 6.40. The lowest BCUT2D eigenvalue weighted by molar-refractivity contribution is 0.139. The number of fused-ring (bicyclic) bond motifs is 1. The monoisotopic (exact) mass is 467 g/mol. The third-order valence-electron chi connectivity index (χ3n) is 6.34. The number of ether oxygens (including phenoxy) is 1. The summed E-state index contributed by atoms with van der Waals surface area (Å²) in [4.78, 5) is 4.83. The van der Waals surface area contributed by atoms with Crippen molar-refractivity contribution in [1.82, 2.24) is 4.90 Å². The van der Waals surface area contributed by atoms with Gasteiger partial charge >= 0.3 is 0 Å². The molecule has 0 aliphatic carbocycles. The molecule has 0 radical (unpaired) electrons. The quantitative estimate of drug-likeness (QED) is 0.322. The fourth-order valence-corrected chi connectivity index (χ4v) is 5.12. The molecular weight excluding hydrogens is 426 g/mol. The van der Waals surface area contributed by atoms with Crippen LogP contribution < -0.4 is 10.2 Å². The van der Waals surface area contributed by atoms with Gasteiger partial charge in [0.05, 0.1) is 0 Å². The van der Waals surface area contributed by atoms with E-state index < -0.39 is 0 Å². The highest BCUT2D eigenvalue weighted by molar-refractivity contribution is 7.80. The van der Waals surface area contributed by atoms with Crippen LogP contribution in [-0.2, 0) is 17.7 Å². The number of anilines is 2. The number of nitrogens with zero attached hydrogens (tertiary/aromatic N) is 2. The Morgan fingerprint density at radius 1 is 1.12 bits per heavy atom. The predicted molar refractivity (Wildman–Crippen MR) is 146 cm³/mol. The summed E-state index contributed by atoms with van der Waals surface area (Å²) in [6.45, 7) is 16.2. The molecule has 0 spiro atoms. The molecule has 0 aromatic heterocycles. The second-order valence-electron chi connectivity index (χ2n) is 9.23. The molecule has 1 aliphatic heterocycles. The number of nitrogens with one attached hydrogen (secondary N) is 1. The molecule has 2 aromatic carbocycles. The van der Waals surface area contributed by atoms with Gasteiger partial charge in [-0.25, -0.2) is 0 Å². The molecule has 0 fully saturated rings. The summed E-state index contributed by atoms with van der Waals surface area (Å²) >= 11 is 5.93. The average Bonchev–Trinajstić information content (AvgIpc) is 2.78. The lowest BCUT2D eigenvalue weighted by Gasteiger charge is -2.32. The summed E-state index contributed by atoms with van der Waals surface area (Å²) < 4.78 is 5.60. The third-order valence-corrected chi connectivity index (χ3v) is 6.70. The molecule has 5 heteroatoms. The maximum Gasteiger partial charge on any atom is 0.173 e. The number of benzene rings is 2. The molecule has 180 valence electrons. The van der Waals surface area contributed by atoms with Gasteiger partial charge in [-0.2, -0.15) is 0 Å². The highest BCUT2D eigenvalue weighted by Crippen LogP contribution is 2.29. The topological polar surface area (TPSA) is 27.7 Å². The van der Waals surface area contributed by atoms with Crippen molar-refractivity contribution in [2.24, 2.45) is 0 Å². The first-order valence-electron chi connectivity index (χ1n) is 12.5. The molecule has 0 saturated carbocycles. The number of hydrogen-bond acceptors (Lipinski definition) is 3. The Kier molecular flexibility index (Phi) is 9.57. The SMILES string of the molecule is CCCN1CCCc2cc(CN(CCCOCC)C(=S)Nc3c(C)cc(C)cc3C)ccc21. The molecule has 1 aliphatic rings. The molecular formula is C28H41N3OS. The molecule has 33 heavy (non-hydrogen) atoms. The van der Waals surface area contributed by atoms with Crippen molar-refractivity contribution in [2.45, 2.75) is 66.8 Å². The van der Waals surface area contributed by atoms with Gasteiger partial charge in [0.15, 0.2) is 5.11 Å². The van der Waals surface area contributed by atoms with E-state index in [0.29, 0.717) is 0 Å². The lowest BCUT2D eigenvalue weighted by Crippen LogP contribution is -2.36. The van der Waals surface area contributed by atoms with Crippen LogP contribution in [0.5, 0.6) is 0 Å². The zero-order valence-corrected chi connectivity index (χ0v) is 22.0. The molecule has 0 atom stereocenters. The van der Waals surface area contributed by atoms with Gasteiger partial charge in [-0.15, -0.1) is 0 Å². The van der Waals surface area contributed by atoms with Gasteiger partial charge < -0.3 is 19.9 Å². The summed E-state index contributed by atoms with van der Waals surface area (Å²) in [6.07, 6.45) is 4.54. The molecule has 0 saturated heterocycles. The molecule has 1 heterocycles. The number of rotatable bonds is 10. The lowest BCUT2D eigenvalue weighted by atomic mass is 9.98. The molecule has 4 nitrogen and oxygen atoms in total. The Labute approximate surface area is 206 Å². The number of aryl methyl sites for hydroxylation is 4. The van der Waals surface area contributed by atoms with Gasteiger partial charge in [-0.3, -0.25) is 0 Å². The van der Waals surface area contributed by atoms with E-state index in [-0.39, 0.29) is 0 Å². The van der Waals surface area contributed by atoms with Gasteiger partial charge in [0.25, 0.3) is 0 Å². The first-order chi connectivity index (χ1) is 15.9. The van der Waals surface area contributed by atoms with Gasteiger partial charge in [0.1, 0.15) is 0 Å². The molecule has 1 N–H and O–H groups in total. The Bertz CT molecular complexity index is 920. The van der Waals surface area contributed by atoms with E-state index in [1.807, 2.05) is 6.92 Å². The van der Waals surface area contributed by atoms with Crippen molar-refractivity contribution in [3.05, 3.63) is 58.1 Å². The minimum Gasteiger partial charge on any atom is -0.382 e. The Balaban J connectivity index is 1.77. The summed E-state index contributed by atoms with van der Waals surface area (Å²) in [6, 6.07) is 11.4. The highest BCUT2D eigenvalue weighted by Gasteiger charge is 2.18. The number of thiocarbonyl (C=S) groups is 1. The average molecular weight is 468 g/mol. The van der Waals surface area contributed by atoms with Crippen molar-refractivity contribution in [1.29, 1.82) is 0 Å². The van der Waals surface area contributed by atoms with Crippen LogP contribution in [0.2, 0.25) is 0 Å². The maximum absolute atomic E-state index is 5.93. The maximum atomic E-state index is 5.93. The van der Waals surface area contributed by atoms with Crippen molar-refractivity contribution in [3.63, 3.8) is 0 Å². The Morgan fingerprint density at radius 2 is 1.88 bits per heavy atom. The van der Waals surface area contributed by atoms with Crippen LogP contribution in [0.3, 0.4) is 0 Å². The van der Waals surface area contributed by atoms with Gasteiger partial charge in [0, 0.05) is 50.8 Å². The molecule has 0 bridgehead atoms. The second kappa shape index (κ2) is 12.4. The van der Waals surface area contributed by atoms with Crippen molar-refractivity contribution < 1.29 is 4.74 Å². The summed E-state index contributed by atoms with van der Waals surface area (Å²) in [5, 5.41) is 4.35. The first kappa shape index (κ1) is 25.5. The van der Waals surface area contributed by atoms with E-state index in [9.17, 15) is 0 Å². The second-order valence-corrected chi connectivity index (χ2v) is 9.62. The van der Waals surface area contributed by atoms with Crippen molar-refractivity contribution in [3.8, 4) is 0 Å². The third kappa shape index (κ3) is 6.94. The first-order valence-corrected chi connectivity index (χ1v) is 12.9. The van der Waals surface area contributed by atoms with Crippen LogP contribution in [0.1, 0.15) is 60.9 Å². The standard InChI is InChI=1S/C28H41N3OS/c1-6-13-30-14-8-10-25-19-24(11-12-26(25)30)20-31(15-9-16-32-7-2)28(33)29-27-22(4)17-21(3)18-23(27)5/h11-12,17-19H,6-10,13-16,20H2,1-5H3,(H,29,33). The fraction of sp³-hybridized carbons (Fsp3) is 0.536. The van der Waals surface area contributed by atoms with E-state index in [1.54, 1.807) is 0 Å². The van der Waals surface area contributed by atoms with Gasteiger partial charge in [-0.1, -0.05) is 36.8 Å². The largest absolute Gasteiger partial charge is 0.382 e. The van der Waals surface area contributed by atoms with Crippen LogP contribution >= 0.6 is 12.2 Å².